The van der Waals surface area contributed by atoms with Gasteiger partial charge in [0.1, 0.15) is 0 Å². The van der Waals surface area contributed by atoms with E-state index in [4.69, 9.17) is 0 Å². The molecule has 2 heteroatoms. The zero-order chi connectivity index (χ0) is 11.0. The van der Waals surface area contributed by atoms with E-state index in [9.17, 15) is 0 Å². The van der Waals surface area contributed by atoms with E-state index in [0.717, 1.165) is 6.54 Å². The number of nitrogens with one attached hydrogen (secondary N) is 1. The Morgan fingerprint density at radius 2 is 1.80 bits per heavy atom. The summed E-state index contributed by atoms with van der Waals surface area (Å²) in [5.74, 6) is 0. The van der Waals surface area contributed by atoms with Gasteiger partial charge in [0.15, 0.2) is 0 Å². The van der Waals surface area contributed by atoms with Gasteiger partial charge in [0.05, 0.1) is 0 Å². The van der Waals surface area contributed by atoms with Crippen molar-refractivity contribution < 1.29 is 0 Å². The normalized spacial score (nSPS) is 11.2. The zero-order valence-corrected chi connectivity index (χ0v) is 10.6. The van der Waals surface area contributed by atoms with Crippen LogP contribution in [0.4, 0.5) is 0 Å². The molecule has 1 aromatic heterocycles. The number of benzene rings is 1. The maximum Gasteiger partial charge on any atom is 0.0380 e. The molecule has 0 spiro atoms. The molecule has 0 unspecified atom stereocenters. The van der Waals surface area contributed by atoms with Crippen molar-refractivity contribution in [2.45, 2.75) is 27.3 Å². The average molecular weight is 219 g/mol. The lowest BCUT2D eigenvalue weighted by Gasteiger charge is -2.01. The van der Waals surface area contributed by atoms with Gasteiger partial charge in [-0.05, 0) is 49.9 Å². The van der Waals surface area contributed by atoms with Crippen LogP contribution in [-0.4, -0.2) is 7.05 Å². The maximum absolute atomic E-state index is 3.24. The highest BCUT2D eigenvalue weighted by atomic mass is 32.1. The second-order valence-electron chi connectivity index (χ2n) is 4.08. The van der Waals surface area contributed by atoms with Gasteiger partial charge >= 0.3 is 0 Å². The SMILES string of the molecule is CNCc1sc2c(C)ccc(C)c2c1C. The molecule has 1 N–H and O–H groups in total. The fourth-order valence-electron chi connectivity index (χ4n) is 2.05. The smallest absolute Gasteiger partial charge is 0.0380 e. The predicted octanol–water partition coefficient (Wildman–Crippen LogP) is 3.55. The van der Waals surface area contributed by atoms with Crippen molar-refractivity contribution in [3.05, 3.63) is 33.7 Å². The molecule has 0 aliphatic heterocycles. The van der Waals surface area contributed by atoms with E-state index in [1.54, 1.807) is 0 Å². The molecule has 2 aromatic rings. The molecule has 15 heavy (non-hydrogen) atoms. The van der Waals surface area contributed by atoms with E-state index in [2.05, 4.69) is 38.2 Å². The van der Waals surface area contributed by atoms with Gasteiger partial charge in [-0.15, -0.1) is 11.3 Å². The van der Waals surface area contributed by atoms with Gasteiger partial charge in [0, 0.05) is 16.1 Å². The Bertz CT molecular complexity index is 497. The quantitative estimate of drug-likeness (QED) is 0.814. The summed E-state index contributed by atoms with van der Waals surface area (Å²) >= 11 is 1.93. The van der Waals surface area contributed by atoms with E-state index >= 15 is 0 Å². The monoisotopic (exact) mass is 219 g/mol. The molecule has 0 fully saturated rings. The van der Waals surface area contributed by atoms with Crippen molar-refractivity contribution in [1.82, 2.24) is 5.32 Å². The van der Waals surface area contributed by atoms with Crippen LogP contribution < -0.4 is 5.32 Å². The Morgan fingerprint density at radius 1 is 1.13 bits per heavy atom. The lowest BCUT2D eigenvalue weighted by atomic mass is 10.0. The van der Waals surface area contributed by atoms with E-state index in [0.29, 0.717) is 0 Å². The summed E-state index contributed by atoms with van der Waals surface area (Å²) < 4.78 is 1.46. The third-order valence-electron chi connectivity index (χ3n) is 2.92. The molecular weight excluding hydrogens is 202 g/mol. The minimum absolute atomic E-state index is 0.976. The number of hydrogen-bond acceptors (Lipinski definition) is 2. The van der Waals surface area contributed by atoms with Gasteiger partial charge in [-0.25, -0.2) is 0 Å². The van der Waals surface area contributed by atoms with Gasteiger partial charge < -0.3 is 5.32 Å². The third-order valence-corrected chi connectivity index (χ3v) is 4.35. The number of aryl methyl sites for hydroxylation is 3. The molecule has 1 heterocycles. The number of fused-ring (bicyclic) bond motifs is 1. The minimum Gasteiger partial charge on any atom is -0.315 e. The molecule has 0 aliphatic rings. The Morgan fingerprint density at radius 3 is 2.40 bits per heavy atom. The van der Waals surface area contributed by atoms with Gasteiger partial charge in [-0.2, -0.15) is 0 Å². The summed E-state index contributed by atoms with van der Waals surface area (Å²) in [6, 6.07) is 4.44. The molecule has 0 aliphatic carbocycles. The summed E-state index contributed by atoms with van der Waals surface area (Å²) in [6.45, 7) is 7.60. The highest BCUT2D eigenvalue weighted by Gasteiger charge is 2.11. The topological polar surface area (TPSA) is 12.0 Å². The molecule has 2 rings (SSSR count). The van der Waals surface area contributed by atoms with Crippen LogP contribution >= 0.6 is 11.3 Å². The first-order chi connectivity index (χ1) is 7.15. The summed E-state index contributed by atoms with van der Waals surface area (Å²) in [5.41, 5.74) is 4.24. The highest BCUT2D eigenvalue weighted by molar-refractivity contribution is 7.19. The first-order valence-corrected chi connectivity index (χ1v) is 6.09. The lowest BCUT2D eigenvalue weighted by Crippen LogP contribution is -2.04. The third kappa shape index (κ3) is 1.68. The van der Waals surface area contributed by atoms with Gasteiger partial charge in [0.25, 0.3) is 0 Å². The first kappa shape index (κ1) is 10.7. The van der Waals surface area contributed by atoms with E-state index in [1.807, 2.05) is 18.4 Å². The fraction of sp³-hybridized carbons (Fsp3) is 0.385. The minimum atomic E-state index is 0.976. The lowest BCUT2D eigenvalue weighted by molar-refractivity contribution is 0.827. The van der Waals surface area contributed by atoms with Crippen molar-refractivity contribution in [1.29, 1.82) is 0 Å². The summed E-state index contributed by atoms with van der Waals surface area (Å²) in [4.78, 5) is 1.46. The van der Waals surface area contributed by atoms with Crippen LogP contribution in [0.5, 0.6) is 0 Å². The van der Waals surface area contributed by atoms with Crippen molar-refractivity contribution >= 4 is 21.4 Å². The summed E-state index contributed by atoms with van der Waals surface area (Å²) in [5, 5.41) is 4.70. The van der Waals surface area contributed by atoms with Crippen LogP contribution in [0, 0.1) is 20.8 Å². The summed E-state index contributed by atoms with van der Waals surface area (Å²) in [7, 11) is 2.00. The molecule has 0 amide bonds. The van der Waals surface area contributed by atoms with E-state index in [-0.39, 0.29) is 0 Å². The van der Waals surface area contributed by atoms with E-state index < -0.39 is 0 Å². The van der Waals surface area contributed by atoms with Gasteiger partial charge in [0.2, 0.25) is 0 Å². The highest BCUT2D eigenvalue weighted by Crippen LogP contribution is 2.35. The molecule has 0 bridgehead atoms. The van der Waals surface area contributed by atoms with Gasteiger partial charge in [-0.3, -0.25) is 0 Å². The largest absolute Gasteiger partial charge is 0.315 e. The molecular formula is C13H17NS. The Kier molecular flexibility index (Phi) is 2.81. The Labute approximate surface area is 95.1 Å². The standard InChI is InChI=1S/C13H17NS/c1-8-5-6-9(2)13-12(8)10(3)11(15-13)7-14-4/h5-6,14H,7H2,1-4H3. The number of hydrogen-bond donors (Lipinski definition) is 1. The van der Waals surface area contributed by atoms with Crippen molar-refractivity contribution in [2.75, 3.05) is 7.05 Å². The maximum atomic E-state index is 3.24. The molecule has 1 nitrogen and oxygen atoms in total. The van der Waals surface area contributed by atoms with E-state index in [1.165, 1.54) is 31.7 Å². The van der Waals surface area contributed by atoms with Crippen LogP contribution in [0.1, 0.15) is 21.6 Å². The van der Waals surface area contributed by atoms with Crippen LogP contribution in [0.2, 0.25) is 0 Å². The number of rotatable bonds is 2. The van der Waals surface area contributed by atoms with Crippen LogP contribution in [-0.2, 0) is 6.54 Å². The predicted molar refractivity (Wildman–Crippen MR) is 68.8 cm³/mol. The van der Waals surface area contributed by atoms with Crippen LogP contribution in [0.15, 0.2) is 12.1 Å². The van der Waals surface area contributed by atoms with Crippen molar-refractivity contribution in [2.24, 2.45) is 0 Å². The molecule has 1 aromatic carbocycles. The fourth-order valence-corrected chi connectivity index (χ4v) is 3.41. The second-order valence-corrected chi connectivity index (χ2v) is 5.19. The van der Waals surface area contributed by atoms with Crippen LogP contribution in [0.3, 0.4) is 0 Å². The summed E-state index contributed by atoms with van der Waals surface area (Å²) in [6.07, 6.45) is 0. The first-order valence-electron chi connectivity index (χ1n) is 5.28. The zero-order valence-electron chi connectivity index (χ0n) is 9.77. The van der Waals surface area contributed by atoms with Crippen molar-refractivity contribution in [3.8, 4) is 0 Å². The van der Waals surface area contributed by atoms with Crippen molar-refractivity contribution in [3.63, 3.8) is 0 Å². The molecule has 0 saturated carbocycles. The molecule has 0 radical (unpaired) electrons. The van der Waals surface area contributed by atoms with Gasteiger partial charge in [-0.1, -0.05) is 12.1 Å². The Balaban J connectivity index is 2.75. The Hall–Kier alpha value is -0.860. The molecule has 0 saturated heterocycles. The molecule has 0 atom stereocenters. The average Bonchev–Trinajstić information content (AvgIpc) is 2.53. The van der Waals surface area contributed by atoms with Crippen LogP contribution in [0.25, 0.3) is 10.1 Å². The molecule has 80 valence electrons. The second kappa shape index (κ2) is 3.95. The number of thiophene rings is 1.